The predicted octanol–water partition coefficient (Wildman–Crippen LogP) is 3.12. The number of hydrogen-bond donors (Lipinski definition) is 2. The van der Waals surface area contributed by atoms with Crippen LogP contribution in [0.1, 0.15) is 17.3 Å². The van der Waals surface area contributed by atoms with Gasteiger partial charge in [-0.25, -0.2) is 9.59 Å². The number of amides is 2. The Bertz CT molecular complexity index is 538. The molecule has 1 heterocycles. The van der Waals surface area contributed by atoms with Crippen LogP contribution in [0.3, 0.4) is 0 Å². The summed E-state index contributed by atoms with van der Waals surface area (Å²) < 4.78 is 0.560. The summed E-state index contributed by atoms with van der Waals surface area (Å²) in [6.07, 6.45) is 0. The minimum atomic E-state index is -0.995. The number of carboxylic acid groups (broad SMARTS) is 1. The molecular weight excluding hydrogens is 344 g/mol. The number of nitrogens with zero attached hydrogens (tertiary/aromatic N) is 1. The minimum Gasteiger partial charge on any atom is -0.478 e. The normalized spacial score (nSPS) is 18.7. The molecule has 1 fully saturated rings. The molecule has 0 spiro atoms. The van der Waals surface area contributed by atoms with E-state index < -0.39 is 5.97 Å². The van der Waals surface area contributed by atoms with Crippen molar-refractivity contribution in [2.75, 3.05) is 24.2 Å². The number of carbonyl (C=O) groups excluding carboxylic acids is 1. The van der Waals surface area contributed by atoms with E-state index in [-0.39, 0.29) is 11.6 Å². The van der Waals surface area contributed by atoms with E-state index in [1.807, 2.05) is 11.8 Å². The third kappa shape index (κ3) is 3.67. The number of urea groups is 1. The topological polar surface area (TPSA) is 69.6 Å². The zero-order valence-corrected chi connectivity index (χ0v) is 13.3. The summed E-state index contributed by atoms with van der Waals surface area (Å²) in [4.78, 5) is 24.8. The van der Waals surface area contributed by atoms with E-state index in [0.717, 1.165) is 18.8 Å². The Morgan fingerprint density at radius 3 is 2.85 bits per heavy atom. The SMILES string of the molecule is CC1CN(C(=O)Nc2ccc(C(=O)O)cc2Br)CCS1. The monoisotopic (exact) mass is 358 g/mol. The van der Waals surface area contributed by atoms with Crippen LogP contribution in [0.15, 0.2) is 22.7 Å². The molecule has 1 saturated heterocycles. The molecule has 0 saturated carbocycles. The van der Waals surface area contributed by atoms with Crippen molar-refractivity contribution < 1.29 is 14.7 Å². The summed E-state index contributed by atoms with van der Waals surface area (Å²) in [5, 5.41) is 12.1. The number of halogens is 1. The van der Waals surface area contributed by atoms with E-state index in [1.165, 1.54) is 12.1 Å². The number of anilines is 1. The highest BCUT2D eigenvalue weighted by molar-refractivity contribution is 9.10. The lowest BCUT2D eigenvalue weighted by atomic mass is 10.2. The Morgan fingerprint density at radius 2 is 2.25 bits per heavy atom. The van der Waals surface area contributed by atoms with Crippen molar-refractivity contribution in [2.24, 2.45) is 0 Å². The van der Waals surface area contributed by atoms with Gasteiger partial charge < -0.3 is 15.3 Å². The van der Waals surface area contributed by atoms with Crippen molar-refractivity contribution in [1.82, 2.24) is 4.90 Å². The second kappa shape index (κ2) is 6.49. The molecular formula is C13H15BrN2O3S. The lowest BCUT2D eigenvalue weighted by molar-refractivity contribution is 0.0697. The molecule has 1 aliphatic heterocycles. The fourth-order valence-electron chi connectivity index (χ4n) is 1.95. The fraction of sp³-hybridized carbons (Fsp3) is 0.385. The van der Waals surface area contributed by atoms with Crippen molar-refractivity contribution in [2.45, 2.75) is 12.2 Å². The van der Waals surface area contributed by atoms with Crippen molar-refractivity contribution in [3.63, 3.8) is 0 Å². The number of carbonyl (C=O) groups is 2. The van der Waals surface area contributed by atoms with Crippen LogP contribution in [0.5, 0.6) is 0 Å². The Morgan fingerprint density at radius 1 is 1.50 bits per heavy atom. The summed E-state index contributed by atoms with van der Waals surface area (Å²) in [5.41, 5.74) is 0.753. The third-order valence-electron chi connectivity index (χ3n) is 2.99. The number of thioether (sulfide) groups is 1. The van der Waals surface area contributed by atoms with E-state index >= 15 is 0 Å². The van der Waals surface area contributed by atoms with Gasteiger partial charge in [-0.3, -0.25) is 0 Å². The van der Waals surface area contributed by atoms with Crippen LogP contribution in [-0.4, -0.2) is 46.1 Å². The second-order valence-electron chi connectivity index (χ2n) is 4.56. The Kier molecular flexibility index (Phi) is 4.93. The van der Waals surface area contributed by atoms with E-state index in [9.17, 15) is 9.59 Å². The highest BCUT2D eigenvalue weighted by atomic mass is 79.9. The Labute approximate surface area is 129 Å². The van der Waals surface area contributed by atoms with Crippen LogP contribution in [0.4, 0.5) is 10.5 Å². The van der Waals surface area contributed by atoms with Crippen LogP contribution < -0.4 is 5.32 Å². The van der Waals surface area contributed by atoms with E-state index in [0.29, 0.717) is 15.4 Å². The van der Waals surface area contributed by atoms with Crippen molar-refractivity contribution in [3.8, 4) is 0 Å². The van der Waals surface area contributed by atoms with Gasteiger partial charge >= 0.3 is 12.0 Å². The molecule has 1 atom stereocenters. The van der Waals surface area contributed by atoms with Gasteiger partial charge in [0.05, 0.1) is 11.3 Å². The molecule has 0 aromatic heterocycles. The first-order chi connectivity index (χ1) is 9.47. The van der Waals surface area contributed by atoms with Crippen LogP contribution in [0.2, 0.25) is 0 Å². The molecule has 1 aromatic rings. The predicted molar refractivity (Wildman–Crippen MR) is 83.6 cm³/mol. The van der Waals surface area contributed by atoms with Crippen molar-refractivity contribution in [1.29, 1.82) is 0 Å². The van der Waals surface area contributed by atoms with Gasteiger partial charge in [0, 0.05) is 28.6 Å². The molecule has 1 aromatic carbocycles. The fourth-order valence-corrected chi connectivity index (χ4v) is 3.44. The molecule has 2 amide bonds. The van der Waals surface area contributed by atoms with Gasteiger partial charge in [-0.05, 0) is 34.1 Å². The first-order valence-corrected chi connectivity index (χ1v) is 8.02. The molecule has 108 valence electrons. The number of aromatic carboxylic acids is 1. The van der Waals surface area contributed by atoms with Gasteiger partial charge in [0.15, 0.2) is 0 Å². The number of hydrogen-bond acceptors (Lipinski definition) is 3. The van der Waals surface area contributed by atoms with Crippen LogP contribution in [-0.2, 0) is 0 Å². The zero-order chi connectivity index (χ0) is 14.7. The molecule has 2 rings (SSSR count). The number of carboxylic acids is 1. The molecule has 0 radical (unpaired) electrons. The number of rotatable bonds is 2. The summed E-state index contributed by atoms with van der Waals surface area (Å²) in [7, 11) is 0. The lowest BCUT2D eigenvalue weighted by Gasteiger charge is -2.30. The molecule has 2 N–H and O–H groups in total. The first-order valence-electron chi connectivity index (χ1n) is 6.17. The second-order valence-corrected chi connectivity index (χ2v) is 6.96. The smallest absolute Gasteiger partial charge is 0.335 e. The molecule has 20 heavy (non-hydrogen) atoms. The molecule has 5 nitrogen and oxygen atoms in total. The molecule has 0 aliphatic carbocycles. The lowest BCUT2D eigenvalue weighted by Crippen LogP contribution is -2.43. The van der Waals surface area contributed by atoms with Crippen molar-refractivity contribution in [3.05, 3.63) is 28.2 Å². The molecule has 7 heteroatoms. The summed E-state index contributed by atoms with van der Waals surface area (Å²) in [6, 6.07) is 4.39. The maximum absolute atomic E-state index is 12.2. The summed E-state index contributed by atoms with van der Waals surface area (Å²) in [5.74, 6) is -0.0567. The largest absolute Gasteiger partial charge is 0.478 e. The van der Waals surface area contributed by atoms with E-state index in [4.69, 9.17) is 5.11 Å². The number of nitrogens with one attached hydrogen (secondary N) is 1. The summed E-state index contributed by atoms with van der Waals surface area (Å²) >= 11 is 5.14. The average Bonchev–Trinajstić information content (AvgIpc) is 2.40. The molecule has 0 bridgehead atoms. The maximum atomic E-state index is 12.2. The Balaban J connectivity index is 2.06. The van der Waals surface area contributed by atoms with Gasteiger partial charge in [0.2, 0.25) is 0 Å². The van der Waals surface area contributed by atoms with Gasteiger partial charge in [-0.1, -0.05) is 6.92 Å². The molecule has 1 unspecified atom stereocenters. The van der Waals surface area contributed by atoms with E-state index in [1.54, 1.807) is 11.0 Å². The minimum absolute atomic E-state index is 0.152. The van der Waals surface area contributed by atoms with Crippen LogP contribution in [0.25, 0.3) is 0 Å². The highest BCUT2D eigenvalue weighted by Crippen LogP contribution is 2.25. The average molecular weight is 359 g/mol. The zero-order valence-electron chi connectivity index (χ0n) is 10.9. The van der Waals surface area contributed by atoms with Crippen LogP contribution >= 0.6 is 27.7 Å². The number of benzene rings is 1. The summed E-state index contributed by atoms with van der Waals surface area (Å²) in [6.45, 7) is 3.55. The third-order valence-corrected chi connectivity index (χ3v) is 4.78. The highest BCUT2D eigenvalue weighted by Gasteiger charge is 2.21. The maximum Gasteiger partial charge on any atom is 0.335 e. The van der Waals surface area contributed by atoms with Gasteiger partial charge in [-0.15, -0.1) is 0 Å². The van der Waals surface area contributed by atoms with Gasteiger partial charge in [0.1, 0.15) is 0 Å². The van der Waals surface area contributed by atoms with E-state index in [2.05, 4.69) is 28.2 Å². The molecule has 1 aliphatic rings. The van der Waals surface area contributed by atoms with Gasteiger partial charge in [-0.2, -0.15) is 11.8 Å². The van der Waals surface area contributed by atoms with Crippen molar-refractivity contribution >= 4 is 45.4 Å². The van der Waals surface area contributed by atoms with Gasteiger partial charge in [0.25, 0.3) is 0 Å². The standard InChI is InChI=1S/C13H15BrN2O3S/c1-8-7-16(4-5-20-8)13(19)15-11-3-2-9(12(17)18)6-10(11)14/h2-3,6,8H,4-5,7H2,1H3,(H,15,19)(H,17,18). The van der Waals surface area contributed by atoms with Crippen LogP contribution in [0, 0.1) is 0 Å². The quantitative estimate of drug-likeness (QED) is 0.851. The Hall–Kier alpha value is -1.21. The first kappa shape index (κ1) is 15.2.